The van der Waals surface area contributed by atoms with Gasteiger partial charge in [-0.25, -0.2) is 0 Å². The van der Waals surface area contributed by atoms with Gasteiger partial charge in [0.1, 0.15) is 0 Å². The molecular weight excluding hydrogens is 360 g/mol. The van der Waals surface area contributed by atoms with E-state index in [1.807, 2.05) is 65.7 Å². The molecule has 27 heavy (non-hydrogen) atoms. The van der Waals surface area contributed by atoms with E-state index in [1.54, 1.807) is 0 Å². The second kappa shape index (κ2) is 9.01. The Morgan fingerprint density at radius 3 is 2.37 bits per heavy atom. The number of nitrogens with zero attached hydrogens (tertiary/aromatic N) is 3. The summed E-state index contributed by atoms with van der Waals surface area (Å²) in [6.07, 6.45) is 0. The average molecular weight is 387 g/mol. The number of anilines is 1. The fourth-order valence-corrected chi connectivity index (χ4v) is 3.72. The summed E-state index contributed by atoms with van der Waals surface area (Å²) >= 11 is 1.45. The lowest BCUT2D eigenvalue weighted by atomic mass is 10.1. The standard InChI is InChI=1S/C20H26N4O2S/c1-22(2)17-7-5-16(6-8-17)20(26)24-13-11-23(12-14-24)10-9-21-19(25)18-4-3-15-27-18/h3-8,15H,9-14H2,1-2H3,(H,21,25). The zero-order valence-electron chi connectivity index (χ0n) is 15.9. The summed E-state index contributed by atoms with van der Waals surface area (Å²) in [5.41, 5.74) is 1.82. The van der Waals surface area contributed by atoms with Gasteiger partial charge < -0.3 is 15.1 Å². The molecule has 0 radical (unpaired) electrons. The van der Waals surface area contributed by atoms with Crippen LogP contribution < -0.4 is 10.2 Å². The molecule has 1 aromatic heterocycles. The number of amides is 2. The summed E-state index contributed by atoms with van der Waals surface area (Å²) in [5.74, 6) is 0.0749. The summed E-state index contributed by atoms with van der Waals surface area (Å²) in [6.45, 7) is 4.51. The molecule has 3 rings (SSSR count). The van der Waals surface area contributed by atoms with Crippen molar-refractivity contribution in [2.45, 2.75) is 0 Å². The Morgan fingerprint density at radius 2 is 1.78 bits per heavy atom. The molecule has 0 bridgehead atoms. The van der Waals surface area contributed by atoms with Crippen LogP contribution >= 0.6 is 11.3 Å². The second-order valence-corrected chi connectivity index (χ2v) is 7.76. The van der Waals surface area contributed by atoms with E-state index in [-0.39, 0.29) is 11.8 Å². The van der Waals surface area contributed by atoms with E-state index >= 15 is 0 Å². The van der Waals surface area contributed by atoms with Crippen LogP contribution in [-0.4, -0.2) is 75.0 Å². The highest BCUT2D eigenvalue weighted by molar-refractivity contribution is 7.12. The Labute approximate surface area is 164 Å². The topological polar surface area (TPSA) is 55.9 Å². The predicted molar refractivity (Wildman–Crippen MR) is 110 cm³/mol. The van der Waals surface area contributed by atoms with Crippen LogP contribution in [0.15, 0.2) is 41.8 Å². The summed E-state index contributed by atoms with van der Waals surface area (Å²) < 4.78 is 0. The maximum absolute atomic E-state index is 12.7. The highest BCUT2D eigenvalue weighted by atomic mass is 32.1. The van der Waals surface area contributed by atoms with Gasteiger partial charge in [-0.1, -0.05) is 6.07 Å². The molecule has 1 saturated heterocycles. The van der Waals surface area contributed by atoms with Crippen molar-refractivity contribution in [2.24, 2.45) is 0 Å². The molecule has 1 aromatic carbocycles. The van der Waals surface area contributed by atoms with Gasteiger partial charge in [-0.15, -0.1) is 11.3 Å². The number of piperazine rings is 1. The van der Waals surface area contributed by atoms with Crippen LogP contribution in [0.1, 0.15) is 20.0 Å². The molecule has 6 nitrogen and oxygen atoms in total. The number of hydrogen-bond acceptors (Lipinski definition) is 5. The first-order valence-electron chi connectivity index (χ1n) is 9.15. The highest BCUT2D eigenvalue weighted by Gasteiger charge is 2.22. The van der Waals surface area contributed by atoms with E-state index in [2.05, 4.69) is 10.2 Å². The molecule has 1 fully saturated rings. The number of nitrogens with one attached hydrogen (secondary N) is 1. The first kappa shape index (κ1) is 19.4. The average Bonchev–Trinajstić information content (AvgIpc) is 3.23. The first-order valence-corrected chi connectivity index (χ1v) is 10.0. The van der Waals surface area contributed by atoms with Gasteiger partial charge in [0.25, 0.3) is 11.8 Å². The number of hydrogen-bond donors (Lipinski definition) is 1. The monoisotopic (exact) mass is 386 g/mol. The van der Waals surface area contributed by atoms with Gasteiger partial charge >= 0.3 is 0 Å². The smallest absolute Gasteiger partial charge is 0.261 e. The summed E-state index contributed by atoms with van der Waals surface area (Å²) in [7, 11) is 3.97. The normalized spacial score (nSPS) is 14.8. The van der Waals surface area contributed by atoms with Crippen LogP contribution in [0.2, 0.25) is 0 Å². The van der Waals surface area contributed by atoms with Crippen LogP contribution in [0, 0.1) is 0 Å². The van der Waals surface area contributed by atoms with Crippen LogP contribution in [-0.2, 0) is 0 Å². The zero-order valence-corrected chi connectivity index (χ0v) is 16.7. The molecule has 2 heterocycles. The van der Waals surface area contributed by atoms with Crippen LogP contribution in [0.4, 0.5) is 5.69 Å². The molecule has 0 spiro atoms. The molecule has 0 atom stereocenters. The highest BCUT2D eigenvalue weighted by Crippen LogP contribution is 2.15. The summed E-state index contributed by atoms with van der Waals surface area (Å²) in [5, 5.41) is 4.85. The van der Waals surface area contributed by atoms with E-state index in [4.69, 9.17) is 0 Å². The van der Waals surface area contributed by atoms with E-state index in [0.29, 0.717) is 19.6 Å². The minimum atomic E-state index is -0.0139. The fraction of sp³-hybridized carbons (Fsp3) is 0.400. The van der Waals surface area contributed by atoms with Gasteiger partial charge in [0.15, 0.2) is 0 Å². The van der Waals surface area contributed by atoms with E-state index in [0.717, 1.165) is 35.8 Å². The number of carbonyl (C=O) groups is 2. The van der Waals surface area contributed by atoms with E-state index < -0.39 is 0 Å². The second-order valence-electron chi connectivity index (χ2n) is 6.81. The van der Waals surface area contributed by atoms with Crippen molar-refractivity contribution in [2.75, 3.05) is 58.3 Å². The third kappa shape index (κ3) is 5.08. The maximum Gasteiger partial charge on any atom is 0.261 e. The predicted octanol–water partition coefficient (Wildman–Crippen LogP) is 2.00. The first-order chi connectivity index (χ1) is 13.0. The van der Waals surface area contributed by atoms with Gasteiger partial charge in [-0.2, -0.15) is 0 Å². The van der Waals surface area contributed by atoms with Crippen molar-refractivity contribution in [1.82, 2.24) is 15.1 Å². The molecule has 1 N–H and O–H groups in total. The Morgan fingerprint density at radius 1 is 1.07 bits per heavy atom. The number of rotatable bonds is 6. The third-order valence-electron chi connectivity index (χ3n) is 4.75. The molecular formula is C20H26N4O2S. The number of thiophene rings is 1. The Balaban J connectivity index is 1.41. The summed E-state index contributed by atoms with van der Waals surface area (Å²) in [4.78, 5) is 31.5. The zero-order chi connectivity index (χ0) is 19.2. The number of carbonyl (C=O) groups excluding carboxylic acids is 2. The van der Waals surface area contributed by atoms with E-state index in [1.165, 1.54) is 11.3 Å². The quantitative estimate of drug-likeness (QED) is 0.825. The van der Waals surface area contributed by atoms with Crippen LogP contribution in [0.5, 0.6) is 0 Å². The molecule has 7 heteroatoms. The molecule has 2 amide bonds. The third-order valence-corrected chi connectivity index (χ3v) is 5.62. The van der Waals surface area contributed by atoms with Gasteiger partial charge in [0.2, 0.25) is 0 Å². The lowest BCUT2D eigenvalue weighted by Crippen LogP contribution is -2.50. The largest absolute Gasteiger partial charge is 0.378 e. The van der Waals surface area contributed by atoms with E-state index in [9.17, 15) is 9.59 Å². The van der Waals surface area contributed by atoms with Crippen molar-refractivity contribution in [3.05, 3.63) is 52.2 Å². The Hall–Kier alpha value is -2.38. The van der Waals surface area contributed by atoms with Crippen LogP contribution in [0.3, 0.4) is 0 Å². The SMILES string of the molecule is CN(C)c1ccc(C(=O)N2CCN(CCNC(=O)c3cccs3)CC2)cc1. The maximum atomic E-state index is 12.7. The molecule has 144 valence electrons. The molecule has 0 unspecified atom stereocenters. The lowest BCUT2D eigenvalue weighted by molar-refractivity contribution is 0.0638. The van der Waals surface area contributed by atoms with Gasteiger partial charge in [-0.05, 0) is 35.7 Å². The minimum absolute atomic E-state index is 0.0139. The fourth-order valence-electron chi connectivity index (χ4n) is 3.08. The summed E-state index contributed by atoms with van der Waals surface area (Å²) in [6, 6.07) is 11.4. The van der Waals surface area contributed by atoms with Crippen LogP contribution in [0.25, 0.3) is 0 Å². The molecule has 0 aliphatic carbocycles. The van der Waals surface area contributed by atoms with Crippen molar-refractivity contribution >= 4 is 28.8 Å². The van der Waals surface area contributed by atoms with Gasteiger partial charge in [0.05, 0.1) is 4.88 Å². The Bertz CT molecular complexity index is 751. The van der Waals surface area contributed by atoms with Crippen molar-refractivity contribution < 1.29 is 9.59 Å². The van der Waals surface area contributed by atoms with Crippen molar-refractivity contribution in [1.29, 1.82) is 0 Å². The molecule has 0 saturated carbocycles. The van der Waals surface area contributed by atoms with Gasteiger partial charge in [0, 0.05) is 64.6 Å². The minimum Gasteiger partial charge on any atom is -0.378 e. The molecule has 2 aromatic rings. The molecule has 1 aliphatic rings. The lowest BCUT2D eigenvalue weighted by Gasteiger charge is -2.34. The number of benzene rings is 1. The van der Waals surface area contributed by atoms with Crippen molar-refractivity contribution in [3.8, 4) is 0 Å². The molecule has 1 aliphatic heterocycles. The Kier molecular flexibility index (Phi) is 6.47. The van der Waals surface area contributed by atoms with Crippen molar-refractivity contribution in [3.63, 3.8) is 0 Å². The van der Waals surface area contributed by atoms with Gasteiger partial charge in [-0.3, -0.25) is 14.5 Å².